The van der Waals surface area contributed by atoms with Crippen molar-refractivity contribution in [1.29, 1.82) is 0 Å². The molecule has 0 spiro atoms. The molecule has 180 valence electrons. The molecule has 0 fully saturated rings. The van der Waals surface area contributed by atoms with E-state index < -0.39 is 22.5 Å². The molecule has 1 aliphatic rings. The minimum atomic E-state index is -0.828. The maximum atomic E-state index is 13.6. The zero-order valence-corrected chi connectivity index (χ0v) is 20.1. The highest BCUT2D eigenvalue weighted by Crippen LogP contribution is 2.35. The normalized spacial score (nSPS) is 15.3. The number of ether oxygens (including phenoxy) is 3. The Labute approximate surface area is 203 Å². The van der Waals surface area contributed by atoms with E-state index in [4.69, 9.17) is 14.2 Å². The van der Waals surface area contributed by atoms with Crippen molar-refractivity contribution in [1.82, 2.24) is 4.57 Å². The van der Waals surface area contributed by atoms with Crippen LogP contribution in [0.3, 0.4) is 0 Å². The number of non-ortho nitro benzene ring substituents is 1. The molecule has 2 aromatic carbocycles. The Bertz CT molecular complexity index is 1550. The van der Waals surface area contributed by atoms with E-state index in [-0.39, 0.29) is 11.3 Å². The van der Waals surface area contributed by atoms with Crippen LogP contribution in [0.1, 0.15) is 24.1 Å². The lowest BCUT2D eigenvalue weighted by molar-refractivity contribution is -0.384. The third-order valence-corrected chi connectivity index (χ3v) is 6.51. The number of nitrogens with zero attached hydrogens (tertiary/aromatic N) is 3. The van der Waals surface area contributed by atoms with Crippen LogP contribution in [0, 0.1) is 10.1 Å². The predicted octanol–water partition coefficient (Wildman–Crippen LogP) is 2.33. The molecule has 0 saturated heterocycles. The van der Waals surface area contributed by atoms with Crippen molar-refractivity contribution in [3.8, 4) is 11.5 Å². The Hall–Kier alpha value is -4.25. The number of allylic oxidation sites excluding steroid dienone is 1. The van der Waals surface area contributed by atoms with E-state index in [9.17, 15) is 19.7 Å². The standard InChI is InChI=1S/C24H21N3O7S/c1-13-20(23(29)34-4)21(15-8-9-17(32-2)18(12-15)33-3)26-22(28)19(35-24(26)25-13)11-14-6-5-7-16(10-14)27(30)31/h5-12,21H,1-4H3/b19-11+. The molecule has 11 heteroatoms. The highest BCUT2D eigenvalue weighted by Gasteiger charge is 2.33. The number of thiazole rings is 1. The van der Waals surface area contributed by atoms with E-state index in [1.54, 1.807) is 43.3 Å². The molecule has 0 radical (unpaired) electrons. The fraction of sp³-hybridized carbons (Fsp3) is 0.208. The molecule has 0 amide bonds. The first-order valence-corrected chi connectivity index (χ1v) is 11.2. The van der Waals surface area contributed by atoms with Crippen LogP contribution in [0.5, 0.6) is 11.5 Å². The summed E-state index contributed by atoms with van der Waals surface area (Å²) in [6, 6.07) is 10.3. The lowest BCUT2D eigenvalue weighted by Crippen LogP contribution is -2.39. The number of benzene rings is 2. The SMILES string of the molecule is COC(=O)C1=C(C)N=c2s/c(=C/c3cccc([N+](=O)[O-])c3)c(=O)n2C1c1ccc(OC)c(OC)c1. The second-order valence-corrected chi connectivity index (χ2v) is 8.55. The van der Waals surface area contributed by atoms with Gasteiger partial charge in [0.2, 0.25) is 0 Å². The third-order valence-electron chi connectivity index (χ3n) is 5.53. The Kier molecular flexibility index (Phi) is 6.52. The van der Waals surface area contributed by atoms with E-state index in [2.05, 4.69) is 4.99 Å². The van der Waals surface area contributed by atoms with Gasteiger partial charge in [0, 0.05) is 12.1 Å². The summed E-state index contributed by atoms with van der Waals surface area (Å²) in [6.07, 6.45) is 1.57. The van der Waals surface area contributed by atoms with Crippen LogP contribution in [0.4, 0.5) is 5.69 Å². The Morgan fingerprint density at radius 2 is 1.89 bits per heavy atom. The molecule has 1 aromatic heterocycles. The number of nitro groups is 1. The summed E-state index contributed by atoms with van der Waals surface area (Å²) < 4.78 is 17.5. The van der Waals surface area contributed by atoms with Crippen molar-refractivity contribution in [2.75, 3.05) is 21.3 Å². The molecule has 4 rings (SSSR count). The van der Waals surface area contributed by atoms with Crippen LogP contribution in [0.2, 0.25) is 0 Å². The number of rotatable bonds is 6. The summed E-state index contributed by atoms with van der Waals surface area (Å²) in [5.41, 5.74) is 1.25. The number of aromatic nitrogens is 1. The molecule has 0 aliphatic carbocycles. The molecule has 0 saturated carbocycles. The van der Waals surface area contributed by atoms with Crippen LogP contribution >= 0.6 is 11.3 Å². The van der Waals surface area contributed by atoms with Gasteiger partial charge in [-0.3, -0.25) is 19.5 Å². The van der Waals surface area contributed by atoms with Gasteiger partial charge in [0.25, 0.3) is 11.2 Å². The smallest absolute Gasteiger partial charge is 0.338 e. The van der Waals surface area contributed by atoms with Gasteiger partial charge < -0.3 is 14.2 Å². The van der Waals surface area contributed by atoms with E-state index >= 15 is 0 Å². The minimum Gasteiger partial charge on any atom is -0.493 e. The average molecular weight is 496 g/mol. The predicted molar refractivity (Wildman–Crippen MR) is 128 cm³/mol. The quantitative estimate of drug-likeness (QED) is 0.292. The number of fused-ring (bicyclic) bond motifs is 1. The minimum absolute atomic E-state index is 0.0847. The summed E-state index contributed by atoms with van der Waals surface area (Å²) in [5.74, 6) is 0.316. The summed E-state index contributed by atoms with van der Waals surface area (Å²) in [6.45, 7) is 1.68. The van der Waals surface area contributed by atoms with E-state index in [0.717, 1.165) is 11.3 Å². The molecule has 3 aromatic rings. The maximum absolute atomic E-state index is 13.6. The van der Waals surface area contributed by atoms with Gasteiger partial charge in [-0.25, -0.2) is 9.79 Å². The highest BCUT2D eigenvalue weighted by molar-refractivity contribution is 7.07. The van der Waals surface area contributed by atoms with Crippen molar-refractivity contribution >= 4 is 29.1 Å². The molecule has 10 nitrogen and oxygen atoms in total. The van der Waals surface area contributed by atoms with Crippen molar-refractivity contribution in [2.24, 2.45) is 4.99 Å². The van der Waals surface area contributed by atoms with Crippen LogP contribution in [0.25, 0.3) is 6.08 Å². The fourth-order valence-corrected chi connectivity index (χ4v) is 4.96. The fourth-order valence-electron chi connectivity index (χ4n) is 3.91. The molecule has 1 aliphatic heterocycles. The van der Waals surface area contributed by atoms with Gasteiger partial charge in [-0.2, -0.15) is 0 Å². The Morgan fingerprint density at radius 3 is 2.54 bits per heavy atom. The molecular weight excluding hydrogens is 474 g/mol. The third kappa shape index (κ3) is 4.33. The van der Waals surface area contributed by atoms with Gasteiger partial charge >= 0.3 is 5.97 Å². The molecule has 0 bridgehead atoms. The zero-order valence-electron chi connectivity index (χ0n) is 19.3. The first kappa shape index (κ1) is 23.9. The first-order valence-electron chi connectivity index (χ1n) is 10.4. The van der Waals surface area contributed by atoms with Gasteiger partial charge in [-0.15, -0.1) is 0 Å². The number of carbonyl (C=O) groups is 1. The van der Waals surface area contributed by atoms with E-state index in [0.29, 0.717) is 37.7 Å². The number of esters is 1. The second-order valence-electron chi connectivity index (χ2n) is 7.54. The topological polar surface area (TPSA) is 122 Å². The van der Waals surface area contributed by atoms with E-state index in [1.807, 2.05) is 0 Å². The van der Waals surface area contributed by atoms with Gasteiger partial charge in [0.05, 0.1) is 48.1 Å². The number of nitro benzene ring substituents is 1. The monoisotopic (exact) mass is 495 g/mol. The van der Waals surface area contributed by atoms with Gasteiger partial charge in [-0.05, 0) is 36.3 Å². The molecular formula is C24H21N3O7S. The summed E-state index contributed by atoms with van der Waals surface area (Å²) >= 11 is 1.13. The van der Waals surface area contributed by atoms with Crippen molar-refractivity contribution in [2.45, 2.75) is 13.0 Å². The Morgan fingerprint density at radius 1 is 1.14 bits per heavy atom. The van der Waals surface area contributed by atoms with Crippen molar-refractivity contribution in [3.05, 3.63) is 94.7 Å². The van der Waals surface area contributed by atoms with Crippen molar-refractivity contribution < 1.29 is 23.9 Å². The second kappa shape index (κ2) is 9.55. The number of carbonyl (C=O) groups excluding carboxylic acids is 1. The van der Waals surface area contributed by atoms with Gasteiger partial charge in [-0.1, -0.05) is 29.5 Å². The molecule has 35 heavy (non-hydrogen) atoms. The maximum Gasteiger partial charge on any atom is 0.338 e. The first-order chi connectivity index (χ1) is 16.8. The molecule has 0 N–H and O–H groups in total. The Balaban J connectivity index is 1.97. The van der Waals surface area contributed by atoms with Crippen LogP contribution in [0.15, 0.2) is 63.5 Å². The molecule has 1 atom stereocenters. The van der Waals surface area contributed by atoms with Crippen LogP contribution in [-0.2, 0) is 9.53 Å². The number of hydrogen-bond acceptors (Lipinski definition) is 9. The van der Waals surface area contributed by atoms with Crippen LogP contribution in [-0.4, -0.2) is 36.8 Å². The lowest BCUT2D eigenvalue weighted by atomic mass is 9.95. The van der Waals surface area contributed by atoms with Crippen molar-refractivity contribution in [3.63, 3.8) is 0 Å². The van der Waals surface area contributed by atoms with Gasteiger partial charge in [0.15, 0.2) is 16.3 Å². The summed E-state index contributed by atoms with van der Waals surface area (Å²) in [4.78, 5) is 41.9. The number of methoxy groups -OCH3 is 3. The lowest BCUT2D eigenvalue weighted by Gasteiger charge is -2.25. The highest BCUT2D eigenvalue weighted by atomic mass is 32.1. The van der Waals surface area contributed by atoms with Gasteiger partial charge in [0.1, 0.15) is 0 Å². The molecule has 2 heterocycles. The van der Waals surface area contributed by atoms with Crippen LogP contribution < -0.4 is 24.4 Å². The summed E-state index contributed by atoms with van der Waals surface area (Å²) in [7, 11) is 4.27. The van der Waals surface area contributed by atoms with E-state index in [1.165, 1.54) is 38.0 Å². The number of hydrogen-bond donors (Lipinski definition) is 0. The largest absolute Gasteiger partial charge is 0.493 e. The summed E-state index contributed by atoms with van der Waals surface area (Å²) in [5, 5.41) is 11.1. The molecule has 1 unspecified atom stereocenters. The average Bonchev–Trinajstić information content (AvgIpc) is 3.16. The zero-order chi connectivity index (χ0) is 25.3.